The van der Waals surface area contributed by atoms with Crippen molar-refractivity contribution in [1.82, 2.24) is 9.80 Å². The third kappa shape index (κ3) is 5.75. The smallest absolute Gasteiger partial charge is 0.410 e. The van der Waals surface area contributed by atoms with E-state index in [1.54, 1.807) is 11.8 Å². The van der Waals surface area contributed by atoms with Gasteiger partial charge >= 0.3 is 12.1 Å². The van der Waals surface area contributed by atoms with Crippen LogP contribution in [0.4, 0.5) is 4.79 Å². The van der Waals surface area contributed by atoms with E-state index in [1.165, 1.54) is 11.8 Å². The highest BCUT2D eigenvalue weighted by Crippen LogP contribution is 2.18. The van der Waals surface area contributed by atoms with Gasteiger partial charge in [-0.05, 0) is 25.3 Å². The van der Waals surface area contributed by atoms with E-state index < -0.39 is 5.97 Å². The lowest BCUT2D eigenvalue weighted by atomic mass is 10.0. The molecule has 0 aromatic heterocycles. The summed E-state index contributed by atoms with van der Waals surface area (Å²) in [6, 6.07) is 9.44. The van der Waals surface area contributed by atoms with Crippen LogP contribution < -0.4 is 0 Å². The van der Waals surface area contributed by atoms with Crippen LogP contribution in [0.25, 0.3) is 0 Å². The van der Waals surface area contributed by atoms with Crippen molar-refractivity contribution in [3.05, 3.63) is 35.9 Å². The number of rotatable bonds is 6. The maximum Gasteiger partial charge on any atom is 0.410 e. The fraction of sp³-hybridized carbons (Fsp3) is 0.526. The standard InChI is InChI=1S/C19H26N2O5/c1-3-25-18(23)13-21(15(2)22)17-9-11-20(12-10-17)19(24)26-14-16-7-5-4-6-8-16/h4-8,17H,3,9-14H2,1-2H3. The molecule has 0 N–H and O–H groups in total. The van der Waals surface area contributed by atoms with Gasteiger partial charge < -0.3 is 19.3 Å². The summed E-state index contributed by atoms with van der Waals surface area (Å²) in [5, 5.41) is 0. The quantitative estimate of drug-likeness (QED) is 0.725. The van der Waals surface area contributed by atoms with Gasteiger partial charge in [-0.1, -0.05) is 30.3 Å². The maximum absolute atomic E-state index is 12.2. The second-order valence-corrected chi connectivity index (χ2v) is 6.21. The van der Waals surface area contributed by atoms with Gasteiger partial charge in [0.1, 0.15) is 13.2 Å². The molecule has 1 fully saturated rings. The molecule has 1 aromatic carbocycles. The van der Waals surface area contributed by atoms with E-state index in [4.69, 9.17) is 9.47 Å². The van der Waals surface area contributed by atoms with Crippen molar-refractivity contribution in [3.8, 4) is 0 Å². The van der Waals surface area contributed by atoms with Crippen LogP contribution in [-0.4, -0.2) is 60.1 Å². The lowest BCUT2D eigenvalue weighted by Crippen LogP contribution is -2.50. The van der Waals surface area contributed by atoms with Crippen LogP contribution in [0.15, 0.2) is 30.3 Å². The minimum Gasteiger partial charge on any atom is -0.465 e. The van der Waals surface area contributed by atoms with Crippen molar-refractivity contribution >= 4 is 18.0 Å². The van der Waals surface area contributed by atoms with Gasteiger partial charge in [0.25, 0.3) is 0 Å². The third-order valence-electron chi connectivity index (χ3n) is 4.38. The molecule has 1 saturated heterocycles. The molecule has 2 rings (SSSR count). The lowest BCUT2D eigenvalue weighted by Gasteiger charge is -2.37. The SMILES string of the molecule is CCOC(=O)CN(C(C)=O)C1CCN(C(=O)OCc2ccccc2)CC1. The molecule has 0 atom stereocenters. The zero-order chi connectivity index (χ0) is 18.9. The average molecular weight is 362 g/mol. The number of nitrogens with zero attached hydrogens (tertiary/aromatic N) is 2. The van der Waals surface area contributed by atoms with Crippen LogP contribution in [-0.2, 0) is 25.7 Å². The van der Waals surface area contributed by atoms with Crippen LogP contribution in [0.5, 0.6) is 0 Å². The van der Waals surface area contributed by atoms with E-state index in [-0.39, 0.29) is 37.8 Å². The maximum atomic E-state index is 12.2. The molecule has 2 amide bonds. The monoisotopic (exact) mass is 362 g/mol. The number of likely N-dealkylation sites (tertiary alicyclic amines) is 1. The zero-order valence-electron chi connectivity index (χ0n) is 15.3. The first-order valence-corrected chi connectivity index (χ1v) is 8.89. The minimum absolute atomic E-state index is 0.0493. The number of amides is 2. The Labute approximate surface area is 153 Å². The summed E-state index contributed by atoms with van der Waals surface area (Å²) in [6.45, 7) is 4.63. The number of piperidine rings is 1. The number of esters is 1. The number of benzene rings is 1. The minimum atomic E-state index is -0.410. The van der Waals surface area contributed by atoms with Gasteiger partial charge in [-0.2, -0.15) is 0 Å². The normalized spacial score (nSPS) is 14.6. The molecule has 1 heterocycles. The Hall–Kier alpha value is -2.57. The van der Waals surface area contributed by atoms with E-state index in [9.17, 15) is 14.4 Å². The molecule has 0 radical (unpaired) electrons. The summed E-state index contributed by atoms with van der Waals surface area (Å²) >= 11 is 0. The zero-order valence-corrected chi connectivity index (χ0v) is 15.3. The Balaban J connectivity index is 1.81. The first-order valence-electron chi connectivity index (χ1n) is 8.89. The highest BCUT2D eigenvalue weighted by atomic mass is 16.6. The molecule has 1 aromatic rings. The summed E-state index contributed by atoms with van der Waals surface area (Å²) in [7, 11) is 0. The molecule has 26 heavy (non-hydrogen) atoms. The van der Waals surface area contributed by atoms with Gasteiger partial charge in [0, 0.05) is 26.1 Å². The van der Waals surface area contributed by atoms with Gasteiger partial charge in [0.15, 0.2) is 0 Å². The summed E-state index contributed by atoms with van der Waals surface area (Å²) in [5.41, 5.74) is 0.938. The van der Waals surface area contributed by atoms with Crippen molar-refractivity contribution < 1.29 is 23.9 Å². The second kappa shape index (κ2) is 9.79. The summed E-state index contributed by atoms with van der Waals surface area (Å²) in [6.07, 6.45) is 0.867. The van der Waals surface area contributed by atoms with Crippen LogP contribution in [0.2, 0.25) is 0 Å². The molecule has 0 bridgehead atoms. The van der Waals surface area contributed by atoms with Crippen LogP contribution in [0, 0.1) is 0 Å². The van der Waals surface area contributed by atoms with E-state index >= 15 is 0 Å². The van der Waals surface area contributed by atoms with Gasteiger partial charge in [-0.15, -0.1) is 0 Å². The van der Waals surface area contributed by atoms with E-state index in [0.29, 0.717) is 25.9 Å². The predicted molar refractivity (Wildman–Crippen MR) is 95.2 cm³/mol. The van der Waals surface area contributed by atoms with Crippen molar-refractivity contribution in [2.24, 2.45) is 0 Å². The van der Waals surface area contributed by atoms with E-state index in [1.807, 2.05) is 30.3 Å². The molecule has 0 unspecified atom stereocenters. The molecule has 0 spiro atoms. The molecule has 0 saturated carbocycles. The molecular formula is C19H26N2O5. The summed E-state index contributed by atoms with van der Waals surface area (Å²) in [5.74, 6) is -0.574. The average Bonchev–Trinajstić information content (AvgIpc) is 2.65. The Kier molecular flexibility index (Phi) is 7.44. The first-order chi connectivity index (χ1) is 12.5. The lowest BCUT2D eigenvalue weighted by molar-refractivity contribution is -0.150. The van der Waals surface area contributed by atoms with Gasteiger partial charge in [0.2, 0.25) is 5.91 Å². The number of hydrogen-bond donors (Lipinski definition) is 0. The molecule has 142 valence electrons. The largest absolute Gasteiger partial charge is 0.465 e. The van der Waals surface area contributed by atoms with Crippen molar-refractivity contribution in [2.45, 2.75) is 39.3 Å². The molecule has 7 nitrogen and oxygen atoms in total. The Morgan fingerprint density at radius 1 is 1.12 bits per heavy atom. The highest BCUT2D eigenvalue weighted by Gasteiger charge is 2.30. The number of hydrogen-bond acceptors (Lipinski definition) is 5. The first kappa shape index (κ1) is 19.8. The summed E-state index contributed by atoms with van der Waals surface area (Å²) < 4.78 is 10.3. The fourth-order valence-electron chi connectivity index (χ4n) is 3.01. The van der Waals surface area contributed by atoms with E-state index in [2.05, 4.69) is 0 Å². The molecular weight excluding hydrogens is 336 g/mol. The van der Waals surface area contributed by atoms with Crippen LogP contribution in [0.1, 0.15) is 32.3 Å². The number of carbonyl (C=O) groups is 3. The number of ether oxygens (including phenoxy) is 2. The molecule has 7 heteroatoms. The van der Waals surface area contributed by atoms with E-state index in [0.717, 1.165) is 5.56 Å². The Bertz CT molecular complexity index is 612. The molecule has 1 aliphatic heterocycles. The number of carbonyl (C=O) groups excluding carboxylic acids is 3. The predicted octanol–water partition coefficient (Wildman–Crippen LogP) is 2.20. The Morgan fingerprint density at radius 3 is 2.35 bits per heavy atom. The van der Waals surface area contributed by atoms with Crippen LogP contribution >= 0.6 is 0 Å². The van der Waals surface area contributed by atoms with Crippen LogP contribution in [0.3, 0.4) is 0 Å². The van der Waals surface area contributed by atoms with Gasteiger partial charge in [-0.25, -0.2) is 4.79 Å². The van der Waals surface area contributed by atoms with Crippen molar-refractivity contribution in [3.63, 3.8) is 0 Å². The van der Waals surface area contributed by atoms with Crippen molar-refractivity contribution in [2.75, 3.05) is 26.2 Å². The van der Waals surface area contributed by atoms with Gasteiger partial charge in [0.05, 0.1) is 6.61 Å². The highest BCUT2D eigenvalue weighted by molar-refractivity contribution is 5.80. The second-order valence-electron chi connectivity index (χ2n) is 6.21. The molecule has 1 aliphatic rings. The molecule has 0 aliphatic carbocycles. The van der Waals surface area contributed by atoms with Gasteiger partial charge in [-0.3, -0.25) is 9.59 Å². The summed E-state index contributed by atoms with van der Waals surface area (Å²) in [4.78, 5) is 38.9. The third-order valence-corrected chi connectivity index (χ3v) is 4.38. The fourth-order valence-corrected chi connectivity index (χ4v) is 3.01. The topological polar surface area (TPSA) is 76.2 Å². The Morgan fingerprint density at radius 2 is 1.77 bits per heavy atom. The van der Waals surface area contributed by atoms with Crippen molar-refractivity contribution in [1.29, 1.82) is 0 Å².